The van der Waals surface area contributed by atoms with Gasteiger partial charge in [0.2, 0.25) is 35.4 Å². The molecule has 0 aromatic heterocycles. The fraction of sp³-hybridized carbons (Fsp3) is 0.512. The van der Waals surface area contributed by atoms with E-state index in [0.717, 1.165) is 6.92 Å². The number of aliphatic hydroxyl groups excluding tert-OH is 2. The summed E-state index contributed by atoms with van der Waals surface area (Å²) in [5, 5.41) is 63.9. The fourth-order valence-electron chi connectivity index (χ4n) is 6.05. The number of aliphatic hydroxyl groups is 2. The number of carboxylic acid groups (broad SMARTS) is 2. The summed E-state index contributed by atoms with van der Waals surface area (Å²) in [4.78, 5) is 104. The first-order valence-electron chi connectivity index (χ1n) is 20.1. The molecule has 0 heterocycles. The number of unbranched alkanes of at least 4 members (excludes halogenated alkanes) is 1. The molecule has 0 saturated heterocycles. The SMILES string of the molecule is CC[C@H](C)[C@H](NC(=O)[C@@H](N)CC(=O)O)C(=O)N[C@@H](CO)C(=O)N[C@H](C(=O)N[C@@H](CCCCN)C(=O)N[C@@H](Cc1ccc(O)cc1)C(=O)N[C@@H](Cc1ccccc1)C(=O)O)[C@@H](C)O. The monoisotopic (exact) mass is 872 g/mol. The van der Waals surface area contributed by atoms with Gasteiger partial charge in [-0.2, -0.15) is 0 Å². The smallest absolute Gasteiger partial charge is 0.326 e. The van der Waals surface area contributed by atoms with Crippen molar-refractivity contribution in [3.63, 3.8) is 0 Å². The lowest BCUT2D eigenvalue weighted by Gasteiger charge is -2.29. The Hall–Kier alpha value is -6.16. The van der Waals surface area contributed by atoms with Crippen LogP contribution in [-0.4, -0.2) is 134 Å². The minimum atomic E-state index is -1.78. The van der Waals surface area contributed by atoms with Crippen molar-refractivity contribution in [1.29, 1.82) is 0 Å². The number of carbonyl (C=O) groups excluding carboxylic acids is 6. The lowest BCUT2D eigenvalue weighted by molar-refractivity contribution is -0.142. The molecule has 0 saturated carbocycles. The van der Waals surface area contributed by atoms with Gasteiger partial charge in [-0.3, -0.25) is 33.6 Å². The maximum Gasteiger partial charge on any atom is 0.326 e. The van der Waals surface area contributed by atoms with Crippen molar-refractivity contribution >= 4 is 47.4 Å². The molecule has 6 amide bonds. The van der Waals surface area contributed by atoms with Crippen LogP contribution in [0, 0.1) is 5.92 Å². The molecule has 15 N–H and O–H groups in total. The number of aliphatic carboxylic acids is 2. The van der Waals surface area contributed by atoms with Gasteiger partial charge in [0.25, 0.3) is 0 Å². The highest BCUT2D eigenvalue weighted by Crippen LogP contribution is 2.14. The molecular weight excluding hydrogens is 812 g/mol. The van der Waals surface area contributed by atoms with Crippen LogP contribution >= 0.6 is 0 Å². The molecule has 0 aliphatic heterocycles. The van der Waals surface area contributed by atoms with E-state index in [1.165, 1.54) is 24.3 Å². The van der Waals surface area contributed by atoms with E-state index in [2.05, 4.69) is 31.9 Å². The van der Waals surface area contributed by atoms with Crippen LogP contribution in [0.1, 0.15) is 64.0 Å². The first kappa shape index (κ1) is 52.0. The maximum absolute atomic E-state index is 14.0. The average Bonchev–Trinajstić information content (AvgIpc) is 3.22. The van der Waals surface area contributed by atoms with Gasteiger partial charge in [-0.15, -0.1) is 0 Å². The molecule has 0 radical (unpaired) electrons. The zero-order valence-electron chi connectivity index (χ0n) is 34.9. The molecule has 2 aromatic carbocycles. The van der Waals surface area contributed by atoms with Crippen LogP contribution in [0.2, 0.25) is 0 Å². The van der Waals surface area contributed by atoms with Crippen molar-refractivity contribution in [2.45, 2.75) is 114 Å². The summed E-state index contributed by atoms with van der Waals surface area (Å²) < 4.78 is 0. The van der Waals surface area contributed by atoms with Gasteiger partial charge < -0.3 is 68.9 Å². The molecule has 342 valence electrons. The Kier molecular flexibility index (Phi) is 22.0. The highest BCUT2D eigenvalue weighted by atomic mass is 16.4. The third-order valence-electron chi connectivity index (χ3n) is 9.89. The number of phenols is 1. The van der Waals surface area contributed by atoms with Crippen LogP contribution in [0.25, 0.3) is 0 Å². The number of amides is 6. The summed E-state index contributed by atoms with van der Waals surface area (Å²) in [7, 11) is 0. The number of benzene rings is 2. The van der Waals surface area contributed by atoms with Gasteiger partial charge in [0, 0.05) is 12.8 Å². The number of rotatable bonds is 27. The van der Waals surface area contributed by atoms with Gasteiger partial charge in [-0.25, -0.2) is 4.79 Å². The number of carbonyl (C=O) groups is 8. The second-order valence-corrected chi connectivity index (χ2v) is 14.9. The van der Waals surface area contributed by atoms with Crippen LogP contribution in [0.15, 0.2) is 54.6 Å². The molecule has 0 spiro atoms. The van der Waals surface area contributed by atoms with E-state index in [1.807, 2.05) is 0 Å². The molecule has 0 aliphatic carbocycles. The summed E-state index contributed by atoms with van der Waals surface area (Å²) in [5.74, 6) is -9.18. The summed E-state index contributed by atoms with van der Waals surface area (Å²) in [5.41, 5.74) is 12.4. The molecule has 21 heteroatoms. The topological polar surface area (TPSA) is 362 Å². The number of aromatic hydroxyl groups is 1. The Labute approximate surface area is 358 Å². The highest BCUT2D eigenvalue weighted by molar-refractivity contribution is 5.97. The fourth-order valence-corrected chi connectivity index (χ4v) is 6.05. The zero-order chi connectivity index (χ0) is 46.5. The van der Waals surface area contributed by atoms with Crippen molar-refractivity contribution in [3.8, 4) is 5.75 Å². The predicted octanol–water partition coefficient (Wildman–Crippen LogP) is -2.48. The first-order valence-corrected chi connectivity index (χ1v) is 20.1. The first-order chi connectivity index (χ1) is 29.3. The lowest BCUT2D eigenvalue weighted by Crippen LogP contribution is -2.62. The second-order valence-electron chi connectivity index (χ2n) is 14.9. The van der Waals surface area contributed by atoms with Crippen LogP contribution in [0.5, 0.6) is 5.75 Å². The third-order valence-corrected chi connectivity index (χ3v) is 9.89. The minimum absolute atomic E-state index is 0.0390. The zero-order valence-corrected chi connectivity index (χ0v) is 34.9. The Morgan fingerprint density at radius 1 is 0.629 bits per heavy atom. The quantitative estimate of drug-likeness (QED) is 0.0414. The van der Waals surface area contributed by atoms with Crippen molar-refractivity contribution in [2.24, 2.45) is 17.4 Å². The van der Waals surface area contributed by atoms with Crippen molar-refractivity contribution in [2.75, 3.05) is 13.2 Å². The summed E-state index contributed by atoms with van der Waals surface area (Å²) in [6.45, 7) is 3.67. The van der Waals surface area contributed by atoms with E-state index in [0.29, 0.717) is 30.4 Å². The minimum Gasteiger partial charge on any atom is -0.508 e. The number of hydrogen-bond acceptors (Lipinski definition) is 13. The van der Waals surface area contributed by atoms with Crippen LogP contribution in [0.4, 0.5) is 0 Å². The number of nitrogens with one attached hydrogen (secondary N) is 6. The van der Waals surface area contributed by atoms with E-state index in [9.17, 15) is 58.8 Å². The Balaban J connectivity index is 2.32. The average molecular weight is 873 g/mol. The van der Waals surface area contributed by atoms with Crippen LogP contribution in [0.3, 0.4) is 0 Å². The van der Waals surface area contributed by atoms with Crippen molar-refractivity contribution in [3.05, 3.63) is 65.7 Å². The molecule has 62 heavy (non-hydrogen) atoms. The van der Waals surface area contributed by atoms with E-state index >= 15 is 0 Å². The highest BCUT2D eigenvalue weighted by Gasteiger charge is 2.36. The summed E-state index contributed by atoms with van der Waals surface area (Å²) in [6, 6.07) is 3.72. The molecule has 2 rings (SSSR count). The molecule has 21 nitrogen and oxygen atoms in total. The van der Waals surface area contributed by atoms with Gasteiger partial charge in [0.05, 0.1) is 25.2 Å². The Morgan fingerprint density at radius 3 is 1.68 bits per heavy atom. The summed E-state index contributed by atoms with van der Waals surface area (Å²) in [6.07, 6.45) is -1.58. The van der Waals surface area contributed by atoms with E-state index in [4.69, 9.17) is 16.6 Å². The maximum atomic E-state index is 14.0. The molecule has 0 aliphatic rings. The standard InChI is InChI=1S/C41H60N8O13/c1-4-22(2)33(48-35(55)27(43)20-32(53)54)39(59)47-31(21-50)38(58)49-34(23(3)51)40(60)44-28(12-8-9-17-42)36(56)45-29(18-25-13-15-26(52)16-14-25)37(57)46-30(41(61)62)19-24-10-6-5-7-11-24/h5-7,10-11,13-16,22-23,27-31,33-34,50-52H,4,8-9,12,17-21,42-43H2,1-3H3,(H,44,60)(H,45,56)(H,46,57)(H,47,59)(H,48,55)(H,49,58)(H,53,54)(H,61,62)/t22-,23+,27-,28-,29-,30-,31-,33-,34-/m0/s1. The Morgan fingerprint density at radius 2 is 1.13 bits per heavy atom. The van der Waals surface area contributed by atoms with Gasteiger partial charge in [0.1, 0.15) is 42.0 Å². The lowest BCUT2D eigenvalue weighted by atomic mass is 9.97. The van der Waals surface area contributed by atoms with E-state index < -0.39 is 115 Å². The number of carboxylic acids is 2. The van der Waals surface area contributed by atoms with Crippen molar-refractivity contribution < 1.29 is 63.9 Å². The van der Waals surface area contributed by atoms with Gasteiger partial charge in [-0.1, -0.05) is 62.7 Å². The largest absolute Gasteiger partial charge is 0.508 e. The Bertz CT molecular complexity index is 1820. The molecule has 9 atom stereocenters. The normalized spacial score (nSPS) is 15.4. The predicted molar refractivity (Wildman–Crippen MR) is 223 cm³/mol. The second kappa shape index (κ2) is 26.2. The molecule has 0 fully saturated rings. The number of nitrogens with two attached hydrogens (primary N) is 2. The molecule has 2 aromatic rings. The third kappa shape index (κ3) is 17.4. The van der Waals surface area contributed by atoms with Crippen LogP contribution < -0.4 is 43.4 Å². The number of hydrogen-bond donors (Lipinski definition) is 13. The molecule has 0 unspecified atom stereocenters. The molecular formula is C41H60N8O13. The summed E-state index contributed by atoms with van der Waals surface area (Å²) >= 11 is 0. The van der Waals surface area contributed by atoms with Gasteiger partial charge in [0.15, 0.2) is 0 Å². The van der Waals surface area contributed by atoms with Crippen LogP contribution in [-0.2, 0) is 51.2 Å². The van der Waals surface area contributed by atoms with E-state index in [-0.39, 0.29) is 31.6 Å². The molecule has 0 bridgehead atoms. The van der Waals surface area contributed by atoms with E-state index in [1.54, 1.807) is 44.2 Å². The number of phenolic OH excluding ortho intramolecular Hbond substituents is 1. The van der Waals surface area contributed by atoms with Crippen molar-refractivity contribution in [1.82, 2.24) is 31.9 Å². The van der Waals surface area contributed by atoms with Gasteiger partial charge in [-0.05, 0) is 61.9 Å². The van der Waals surface area contributed by atoms with Gasteiger partial charge >= 0.3 is 11.9 Å².